The highest BCUT2D eigenvalue weighted by Crippen LogP contribution is 2.50. The molecule has 5 rings (SSSR count). The van der Waals surface area contributed by atoms with Crippen molar-refractivity contribution in [1.82, 2.24) is 10.6 Å². The normalized spacial score (nSPS) is 24.3. The van der Waals surface area contributed by atoms with Crippen molar-refractivity contribution in [3.63, 3.8) is 0 Å². The molecule has 22 heteroatoms. The number of halogens is 1. The van der Waals surface area contributed by atoms with Gasteiger partial charge in [-0.2, -0.15) is 0 Å². The number of nitrogens with two attached hydrogens (primary N) is 1. The van der Waals surface area contributed by atoms with E-state index in [4.69, 9.17) is 50.5 Å². The Balaban J connectivity index is 1.33. The highest BCUT2D eigenvalue weighted by atomic mass is 35.5. The first-order valence-corrected chi connectivity index (χ1v) is 29.5. The Morgan fingerprint density at radius 1 is 0.976 bits per heavy atom. The number of methoxy groups -OCH3 is 3. The van der Waals surface area contributed by atoms with Gasteiger partial charge in [-0.3, -0.25) is 34.1 Å². The van der Waals surface area contributed by atoms with Gasteiger partial charge in [-0.1, -0.05) is 76.1 Å². The van der Waals surface area contributed by atoms with Crippen LogP contribution in [0.5, 0.6) is 11.5 Å². The fraction of sp³-hybridized carbons (Fsp3) is 0.613. The standard InChI is InChI=1S/C62H88ClN5O16/c1-12-41(13-2)58(74)81-26-16-14-15-20-42(69)32-43(36(3)4)57(73)66-44(21-18-25-65-59(64)75)47(70)29-39-23-24-45(48(30-39)78-9)67-60(76)83-52-33-53(71)68(8)46-28-40(31-49(79-10)55(46)63)27-37(5)19-17-22-51(80-11)62(77)34-50(82-54(72)35-62)38(6)56-61(52,7)84-56/h17,19,22-24,28,30-31,36,38,41,43-44,50-52,56,77H,12-16,18,20-21,25-27,29,32-35H2,1-11H3,(H,66,73)(H,67,76)(H3,64,65,75)/b22-17+,37-19+/t38-,43+,44+,50+,51-,52+,56+,61+,62-/m1/s1. The van der Waals surface area contributed by atoms with E-state index in [1.54, 1.807) is 57.3 Å². The second kappa shape index (κ2) is 31.5. The molecule has 3 aliphatic rings. The number of allylic oxidation sites excluding steroid dienone is 3. The lowest BCUT2D eigenvalue weighted by atomic mass is 9.78. The third kappa shape index (κ3) is 18.7. The summed E-state index contributed by atoms with van der Waals surface area (Å²) in [6.07, 6.45) is 3.99. The number of nitrogens with one attached hydrogen (secondary N) is 3. The molecule has 2 fully saturated rings. The Bertz CT molecular complexity index is 2730. The number of unbranched alkanes of at least 4 members (excludes halogenated alkanes) is 2. The van der Waals surface area contributed by atoms with E-state index in [0.717, 1.165) is 11.1 Å². The molecule has 0 aromatic heterocycles. The van der Waals surface area contributed by atoms with E-state index >= 15 is 0 Å². The van der Waals surface area contributed by atoms with Gasteiger partial charge in [0.1, 0.15) is 51.8 Å². The molecule has 3 aliphatic heterocycles. The van der Waals surface area contributed by atoms with Crippen molar-refractivity contribution in [2.45, 2.75) is 180 Å². The first-order chi connectivity index (χ1) is 39.8. The Labute approximate surface area is 498 Å². The summed E-state index contributed by atoms with van der Waals surface area (Å²) in [6.45, 7) is 13.4. The van der Waals surface area contributed by atoms with Gasteiger partial charge in [-0.05, 0) is 107 Å². The topological polar surface area (TPSA) is 290 Å². The smallest absolute Gasteiger partial charge is 0.412 e. The zero-order valence-electron chi connectivity index (χ0n) is 50.6. The second-order valence-corrected chi connectivity index (χ2v) is 23.3. The van der Waals surface area contributed by atoms with Crippen LogP contribution < -0.4 is 36.1 Å². The third-order valence-corrected chi connectivity index (χ3v) is 16.6. The molecular formula is C62H88ClN5O16. The van der Waals surface area contributed by atoms with Crippen molar-refractivity contribution in [3.05, 3.63) is 70.3 Å². The number of fused-ring (bicyclic) bond motifs is 5. The number of ether oxygens (including phenoxy) is 7. The molecule has 0 radical (unpaired) electrons. The van der Waals surface area contributed by atoms with E-state index in [0.29, 0.717) is 55.5 Å². The Morgan fingerprint density at radius 3 is 2.35 bits per heavy atom. The number of carbonyl (C=O) groups is 8. The number of primary amides is 1. The number of epoxide rings is 1. The first kappa shape index (κ1) is 68.2. The molecule has 84 heavy (non-hydrogen) atoms. The average molecular weight is 1190 g/mol. The van der Waals surface area contributed by atoms with Crippen LogP contribution in [0.3, 0.4) is 0 Å². The summed E-state index contributed by atoms with van der Waals surface area (Å²) in [5.41, 5.74) is 4.93. The van der Waals surface area contributed by atoms with Crippen LogP contribution in [-0.4, -0.2) is 136 Å². The number of ketones is 2. The van der Waals surface area contributed by atoms with Gasteiger partial charge < -0.3 is 59.5 Å². The number of Topliss-reactive ketones (excluding diaryl/α,β-unsaturated/α-hetero) is 2. The Kier molecular flexibility index (Phi) is 25.6. The Hall–Kier alpha value is -6.55. The van der Waals surface area contributed by atoms with Gasteiger partial charge in [-0.15, -0.1) is 0 Å². The quantitative estimate of drug-likeness (QED) is 0.0255. The van der Waals surface area contributed by atoms with E-state index in [-0.39, 0.29) is 104 Å². The summed E-state index contributed by atoms with van der Waals surface area (Å²) in [6, 6.07) is 6.44. The largest absolute Gasteiger partial charge is 0.495 e. The van der Waals surface area contributed by atoms with Gasteiger partial charge in [0.25, 0.3) is 0 Å². The predicted octanol–water partition coefficient (Wildman–Crippen LogP) is 8.45. The van der Waals surface area contributed by atoms with Crippen LogP contribution in [-0.2, 0) is 65.3 Å². The molecular weight excluding hydrogens is 1110 g/mol. The summed E-state index contributed by atoms with van der Waals surface area (Å²) >= 11 is 6.86. The minimum Gasteiger partial charge on any atom is -0.495 e. The molecule has 2 aromatic carbocycles. The van der Waals surface area contributed by atoms with Gasteiger partial charge >= 0.3 is 24.1 Å². The fourth-order valence-corrected chi connectivity index (χ4v) is 11.3. The molecule has 3 heterocycles. The monoisotopic (exact) mass is 1190 g/mol. The van der Waals surface area contributed by atoms with Gasteiger partial charge in [-0.25, -0.2) is 9.59 Å². The van der Waals surface area contributed by atoms with Gasteiger partial charge in [0.05, 0.1) is 63.1 Å². The molecule has 0 saturated carbocycles. The number of anilines is 2. The minimum absolute atomic E-state index is 0.00530. The van der Waals surface area contributed by atoms with Crippen LogP contribution in [0.25, 0.3) is 0 Å². The number of benzene rings is 2. The number of nitrogens with zero attached hydrogens (tertiary/aromatic N) is 1. The van der Waals surface area contributed by atoms with Crippen LogP contribution in [0.15, 0.2) is 54.1 Å². The molecule has 4 bridgehead atoms. The maximum absolute atomic E-state index is 14.5. The fourth-order valence-electron chi connectivity index (χ4n) is 11.0. The molecule has 2 saturated heterocycles. The summed E-state index contributed by atoms with van der Waals surface area (Å²) < 4.78 is 40.8. The minimum atomic E-state index is -1.65. The number of urea groups is 1. The van der Waals surface area contributed by atoms with E-state index in [9.17, 15) is 43.5 Å². The van der Waals surface area contributed by atoms with Crippen molar-refractivity contribution in [1.29, 1.82) is 0 Å². The number of hydrogen-bond donors (Lipinski definition) is 5. The number of esters is 2. The maximum atomic E-state index is 14.5. The van der Waals surface area contributed by atoms with Crippen LogP contribution in [0.1, 0.15) is 137 Å². The average Bonchev–Trinajstić information content (AvgIpc) is 2.64. The SMILES string of the molecule is CCC(CC)C(=O)OCCCCCC(=O)C[C@H](C(=O)N[C@@H](CCCNC(N)=O)C(=O)Cc1ccc(NC(=O)O[C@H]2CC(=O)N(C)c3cc(cc(OC)c3Cl)C/C(C)=C/C=C/[C@@H](OC)[C@]3(O)CC(=O)O[C@@H](C3)[C@@H](C)[C@@H]3O[C@@]23C)c(OC)c1)C(C)C. The number of hydrogen-bond acceptors (Lipinski definition) is 16. The lowest BCUT2D eigenvalue weighted by Crippen LogP contribution is -2.53. The van der Waals surface area contributed by atoms with Crippen molar-refractivity contribution in [3.8, 4) is 11.5 Å². The van der Waals surface area contributed by atoms with E-state index in [1.165, 1.54) is 32.3 Å². The van der Waals surface area contributed by atoms with Crippen molar-refractivity contribution in [2.75, 3.05) is 51.7 Å². The van der Waals surface area contributed by atoms with Crippen LogP contribution in [0.2, 0.25) is 5.02 Å². The summed E-state index contributed by atoms with van der Waals surface area (Å²) in [4.78, 5) is 108. The highest BCUT2D eigenvalue weighted by Gasteiger charge is 2.64. The third-order valence-electron chi connectivity index (χ3n) is 16.3. The van der Waals surface area contributed by atoms with Crippen molar-refractivity contribution in [2.24, 2.45) is 29.4 Å². The summed E-state index contributed by atoms with van der Waals surface area (Å²) in [5.74, 6) is -3.49. The lowest BCUT2D eigenvalue weighted by molar-refractivity contribution is -0.187. The Morgan fingerprint density at radius 2 is 1.69 bits per heavy atom. The molecule has 5 amide bonds. The molecule has 6 N–H and O–H groups in total. The molecule has 0 aliphatic carbocycles. The molecule has 0 spiro atoms. The van der Waals surface area contributed by atoms with E-state index < -0.39 is 89.8 Å². The molecule has 0 unspecified atom stereocenters. The lowest BCUT2D eigenvalue weighted by Gasteiger charge is -2.41. The van der Waals surface area contributed by atoms with E-state index in [1.807, 2.05) is 40.7 Å². The first-order valence-electron chi connectivity index (χ1n) is 29.1. The number of rotatable bonds is 26. The van der Waals surface area contributed by atoms with E-state index in [2.05, 4.69) is 16.0 Å². The van der Waals surface area contributed by atoms with Crippen LogP contribution in [0.4, 0.5) is 21.0 Å². The van der Waals surface area contributed by atoms with Crippen molar-refractivity contribution < 1.29 is 76.6 Å². The number of amides is 5. The molecule has 21 nitrogen and oxygen atoms in total. The number of aliphatic hydroxyl groups is 1. The number of carbonyl (C=O) groups excluding carboxylic acids is 8. The highest BCUT2D eigenvalue weighted by molar-refractivity contribution is 6.35. The summed E-state index contributed by atoms with van der Waals surface area (Å²) in [7, 11) is 5.84. The van der Waals surface area contributed by atoms with Crippen molar-refractivity contribution >= 4 is 70.4 Å². The van der Waals surface area contributed by atoms with Crippen LogP contribution in [0, 0.1) is 23.7 Å². The molecule has 464 valence electrons. The second-order valence-electron chi connectivity index (χ2n) is 22.9. The van der Waals surface area contributed by atoms with Gasteiger partial charge in [0.15, 0.2) is 5.78 Å². The maximum Gasteiger partial charge on any atom is 0.412 e. The molecule has 9 atom stereocenters. The zero-order chi connectivity index (χ0) is 62.1. The van der Waals surface area contributed by atoms with Gasteiger partial charge in [0, 0.05) is 58.2 Å². The van der Waals surface area contributed by atoms with Crippen LogP contribution >= 0.6 is 11.6 Å². The molecule has 2 aromatic rings. The predicted molar refractivity (Wildman–Crippen MR) is 316 cm³/mol. The summed E-state index contributed by atoms with van der Waals surface area (Å²) in [5, 5.41) is 20.3. The zero-order valence-corrected chi connectivity index (χ0v) is 51.4. The van der Waals surface area contributed by atoms with Gasteiger partial charge in [0.2, 0.25) is 11.8 Å².